The summed E-state index contributed by atoms with van der Waals surface area (Å²) >= 11 is 5.25. The number of fused-ring (bicyclic) bond motifs is 1. The lowest BCUT2D eigenvalue weighted by Crippen LogP contribution is -2.24. The molecule has 3 aromatic carbocycles. The van der Waals surface area contributed by atoms with Crippen molar-refractivity contribution >= 4 is 29.0 Å². The summed E-state index contributed by atoms with van der Waals surface area (Å²) < 4.78 is 28.5. The van der Waals surface area contributed by atoms with Crippen molar-refractivity contribution in [1.82, 2.24) is 14.9 Å². The zero-order valence-electron chi connectivity index (χ0n) is 15.5. The smallest absolute Gasteiger partial charge is 0.266 e. The molecule has 0 bridgehead atoms. The summed E-state index contributed by atoms with van der Waals surface area (Å²) in [5.74, 6) is -1.35. The van der Waals surface area contributed by atoms with Gasteiger partial charge in [-0.25, -0.2) is 13.3 Å². The van der Waals surface area contributed by atoms with Crippen LogP contribution < -0.4 is 10.9 Å². The summed E-state index contributed by atoms with van der Waals surface area (Å²) in [6.45, 7) is 0.152. The van der Waals surface area contributed by atoms with Gasteiger partial charge < -0.3 is 10.3 Å². The van der Waals surface area contributed by atoms with E-state index in [9.17, 15) is 18.4 Å². The van der Waals surface area contributed by atoms with Gasteiger partial charge in [0.15, 0.2) is 4.77 Å². The molecule has 0 fully saturated rings. The molecule has 8 heteroatoms. The molecule has 0 saturated heterocycles. The molecule has 4 rings (SSSR count). The van der Waals surface area contributed by atoms with Gasteiger partial charge in [0.2, 0.25) is 0 Å². The van der Waals surface area contributed by atoms with E-state index in [0.717, 1.165) is 4.57 Å². The normalized spacial score (nSPS) is 10.9. The van der Waals surface area contributed by atoms with Crippen LogP contribution in [0.5, 0.6) is 0 Å². The van der Waals surface area contributed by atoms with Gasteiger partial charge in [-0.05, 0) is 60.2 Å². The predicted octanol–water partition coefficient (Wildman–Crippen LogP) is 4.26. The van der Waals surface area contributed by atoms with E-state index < -0.39 is 17.3 Å². The average molecular weight is 423 g/mol. The average Bonchev–Trinajstić information content (AvgIpc) is 2.73. The number of halogens is 2. The SMILES string of the molecule is O=C(NCc1cccc(F)c1)c1ccc2c(=O)n(-c3ccccc3F)c(=S)[nH]c2c1. The Balaban J connectivity index is 1.67. The minimum absolute atomic E-state index is 0.00918. The number of hydrogen-bond acceptors (Lipinski definition) is 3. The first kappa shape index (κ1) is 19.7. The number of carbonyl (C=O) groups is 1. The summed E-state index contributed by atoms with van der Waals surface area (Å²) in [7, 11) is 0. The van der Waals surface area contributed by atoms with Crippen LogP contribution >= 0.6 is 12.2 Å². The maximum Gasteiger partial charge on any atom is 0.266 e. The maximum absolute atomic E-state index is 14.2. The number of aromatic amines is 1. The van der Waals surface area contributed by atoms with Gasteiger partial charge in [0.05, 0.1) is 16.6 Å². The number of aromatic nitrogens is 2. The Morgan fingerprint density at radius 1 is 1.03 bits per heavy atom. The van der Waals surface area contributed by atoms with Crippen LogP contribution in [0.2, 0.25) is 0 Å². The first-order chi connectivity index (χ1) is 14.4. The van der Waals surface area contributed by atoms with E-state index in [4.69, 9.17) is 12.2 Å². The van der Waals surface area contributed by atoms with Gasteiger partial charge in [0.25, 0.3) is 11.5 Å². The van der Waals surface area contributed by atoms with E-state index in [0.29, 0.717) is 16.6 Å². The highest BCUT2D eigenvalue weighted by Crippen LogP contribution is 2.15. The van der Waals surface area contributed by atoms with Crippen molar-refractivity contribution in [3.8, 4) is 5.69 Å². The van der Waals surface area contributed by atoms with Crippen LogP contribution in [0.25, 0.3) is 16.6 Å². The van der Waals surface area contributed by atoms with Gasteiger partial charge in [-0.3, -0.25) is 9.59 Å². The Bertz CT molecular complexity index is 1400. The lowest BCUT2D eigenvalue weighted by atomic mass is 10.1. The Morgan fingerprint density at radius 3 is 2.60 bits per heavy atom. The Labute approximate surface area is 174 Å². The van der Waals surface area contributed by atoms with E-state index in [1.807, 2.05) is 0 Å². The molecular formula is C22H15F2N3O2S. The number of carbonyl (C=O) groups excluding carboxylic acids is 1. The minimum Gasteiger partial charge on any atom is -0.348 e. The Hall–Kier alpha value is -3.65. The lowest BCUT2D eigenvalue weighted by molar-refractivity contribution is 0.0951. The van der Waals surface area contributed by atoms with Gasteiger partial charge in [0, 0.05) is 12.1 Å². The van der Waals surface area contributed by atoms with Crippen molar-refractivity contribution in [2.75, 3.05) is 0 Å². The summed E-state index contributed by atoms with van der Waals surface area (Å²) in [5, 5.41) is 2.96. The van der Waals surface area contributed by atoms with Crippen molar-refractivity contribution in [2.45, 2.75) is 6.54 Å². The molecule has 0 atom stereocenters. The summed E-state index contributed by atoms with van der Waals surface area (Å²) in [6.07, 6.45) is 0. The molecule has 1 amide bonds. The largest absolute Gasteiger partial charge is 0.348 e. The van der Waals surface area contributed by atoms with E-state index in [2.05, 4.69) is 10.3 Å². The third-order valence-corrected chi connectivity index (χ3v) is 4.88. The standard InChI is InChI=1S/C22H15F2N3O2S/c23-15-5-3-4-13(10-15)12-25-20(28)14-8-9-16-18(11-14)26-22(30)27(21(16)29)19-7-2-1-6-17(19)24/h1-11H,12H2,(H,25,28)(H,26,30). The molecule has 1 heterocycles. The molecule has 4 aromatic rings. The second kappa shape index (κ2) is 8.00. The van der Waals surface area contributed by atoms with Crippen LogP contribution in [0.4, 0.5) is 8.78 Å². The minimum atomic E-state index is -0.577. The van der Waals surface area contributed by atoms with Gasteiger partial charge in [-0.2, -0.15) is 0 Å². The number of nitrogens with zero attached hydrogens (tertiary/aromatic N) is 1. The van der Waals surface area contributed by atoms with Gasteiger partial charge in [0.1, 0.15) is 11.6 Å². The Morgan fingerprint density at radius 2 is 1.83 bits per heavy atom. The second-order valence-electron chi connectivity index (χ2n) is 6.60. The highest BCUT2D eigenvalue weighted by molar-refractivity contribution is 7.71. The summed E-state index contributed by atoms with van der Waals surface area (Å²) in [4.78, 5) is 28.3. The number of hydrogen-bond donors (Lipinski definition) is 2. The molecule has 2 N–H and O–H groups in total. The molecule has 5 nitrogen and oxygen atoms in total. The van der Waals surface area contributed by atoms with Crippen molar-refractivity contribution < 1.29 is 13.6 Å². The summed E-state index contributed by atoms with van der Waals surface area (Å²) in [6, 6.07) is 16.2. The highest BCUT2D eigenvalue weighted by atomic mass is 32.1. The monoisotopic (exact) mass is 423 g/mol. The topological polar surface area (TPSA) is 66.9 Å². The third kappa shape index (κ3) is 3.77. The van der Waals surface area contributed by atoms with Gasteiger partial charge in [-0.15, -0.1) is 0 Å². The van der Waals surface area contributed by atoms with Crippen LogP contribution in [0.1, 0.15) is 15.9 Å². The van der Waals surface area contributed by atoms with E-state index in [1.165, 1.54) is 48.5 Å². The van der Waals surface area contributed by atoms with E-state index in [-0.39, 0.29) is 28.2 Å². The zero-order chi connectivity index (χ0) is 21.3. The zero-order valence-corrected chi connectivity index (χ0v) is 16.3. The van der Waals surface area contributed by atoms with Crippen LogP contribution in [0.3, 0.4) is 0 Å². The molecule has 1 aromatic heterocycles. The first-order valence-corrected chi connectivity index (χ1v) is 9.41. The summed E-state index contributed by atoms with van der Waals surface area (Å²) in [5.41, 5.74) is 0.827. The first-order valence-electron chi connectivity index (χ1n) is 9.01. The van der Waals surface area contributed by atoms with Crippen molar-refractivity contribution in [1.29, 1.82) is 0 Å². The number of amides is 1. The van der Waals surface area contributed by atoms with Crippen LogP contribution in [0, 0.1) is 16.4 Å². The number of nitrogens with one attached hydrogen (secondary N) is 2. The van der Waals surface area contributed by atoms with Crippen molar-refractivity contribution in [3.05, 3.63) is 105 Å². The van der Waals surface area contributed by atoms with Gasteiger partial charge in [-0.1, -0.05) is 24.3 Å². The van der Waals surface area contributed by atoms with Crippen LogP contribution in [0.15, 0.2) is 71.5 Å². The number of H-pyrrole nitrogens is 1. The second-order valence-corrected chi connectivity index (χ2v) is 6.98. The Kier molecular flexibility index (Phi) is 5.24. The molecule has 0 spiro atoms. The molecule has 0 unspecified atom stereocenters. The van der Waals surface area contributed by atoms with Crippen LogP contribution in [-0.2, 0) is 6.54 Å². The third-order valence-electron chi connectivity index (χ3n) is 4.60. The number of rotatable bonds is 4. The molecule has 0 aliphatic carbocycles. The molecule has 0 aliphatic rings. The molecule has 150 valence electrons. The fourth-order valence-electron chi connectivity index (χ4n) is 3.14. The van der Waals surface area contributed by atoms with Crippen LogP contribution in [-0.4, -0.2) is 15.5 Å². The molecule has 0 radical (unpaired) electrons. The number of para-hydroxylation sites is 1. The molecule has 30 heavy (non-hydrogen) atoms. The molecular weight excluding hydrogens is 408 g/mol. The maximum atomic E-state index is 14.2. The molecule has 0 saturated carbocycles. The quantitative estimate of drug-likeness (QED) is 0.482. The van der Waals surface area contributed by atoms with E-state index >= 15 is 0 Å². The highest BCUT2D eigenvalue weighted by Gasteiger charge is 2.13. The molecule has 0 aliphatic heterocycles. The number of benzene rings is 3. The van der Waals surface area contributed by atoms with Crippen molar-refractivity contribution in [3.63, 3.8) is 0 Å². The van der Waals surface area contributed by atoms with Gasteiger partial charge >= 0.3 is 0 Å². The van der Waals surface area contributed by atoms with E-state index in [1.54, 1.807) is 18.2 Å². The lowest BCUT2D eigenvalue weighted by Gasteiger charge is -2.10. The fraction of sp³-hybridized carbons (Fsp3) is 0.0455. The predicted molar refractivity (Wildman–Crippen MR) is 112 cm³/mol. The fourth-order valence-corrected chi connectivity index (χ4v) is 3.43. The van der Waals surface area contributed by atoms with Crippen molar-refractivity contribution in [2.24, 2.45) is 0 Å².